The maximum Gasteiger partial charge on any atom is 0.348 e. The zero-order chi connectivity index (χ0) is 20.1. The lowest BCUT2D eigenvalue weighted by Gasteiger charge is -2.08. The number of rotatable bonds is 6. The summed E-state index contributed by atoms with van der Waals surface area (Å²) in [7, 11) is 0. The van der Waals surface area contributed by atoms with Crippen LogP contribution < -0.4 is 5.32 Å². The van der Waals surface area contributed by atoms with Crippen molar-refractivity contribution in [1.82, 2.24) is 0 Å². The zero-order valence-corrected chi connectivity index (χ0v) is 17.2. The summed E-state index contributed by atoms with van der Waals surface area (Å²) in [6.07, 6.45) is 0. The molecule has 0 unspecified atom stereocenters. The first-order chi connectivity index (χ1) is 12.8. The summed E-state index contributed by atoms with van der Waals surface area (Å²) in [5.41, 5.74) is 0.628. The number of hydrogen-bond donors (Lipinski definition) is 1. The first-order valence-corrected chi connectivity index (χ1v) is 9.61. The first kappa shape index (κ1) is 21.2. The van der Waals surface area contributed by atoms with E-state index in [4.69, 9.17) is 32.7 Å². The highest BCUT2D eigenvalue weighted by molar-refractivity contribution is 7.18. The summed E-state index contributed by atoms with van der Waals surface area (Å²) in [6.45, 7) is 5.27. The predicted octanol–water partition coefficient (Wildman–Crippen LogP) is 4.97. The molecule has 1 N–H and O–H groups in total. The second kappa shape index (κ2) is 9.21. The molecule has 0 saturated carbocycles. The Bertz CT molecular complexity index is 894. The van der Waals surface area contributed by atoms with Crippen LogP contribution in [-0.2, 0) is 9.47 Å². The highest BCUT2D eigenvalue weighted by atomic mass is 35.5. The Morgan fingerprint density at radius 3 is 2.33 bits per heavy atom. The Morgan fingerprint density at radius 2 is 1.70 bits per heavy atom. The molecule has 0 radical (unpaired) electrons. The summed E-state index contributed by atoms with van der Waals surface area (Å²) >= 11 is 13.0. The molecule has 0 atom stereocenters. The topological polar surface area (TPSA) is 81.7 Å². The van der Waals surface area contributed by atoms with E-state index in [1.165, 1.54) is 6.07 Å². The van der Waals surface area contributed by atoms with E-state index < -0.39 is 17.8 Å². The SMILES string of the molecule is CCOC(=O)c1sc(NC(=O)c2cccc(Cl)c2Cl)c(C(=O)OCC)c1C. The number of ether oxygens (including phenoxy) is 2. The molecule has 2 rings (SSSR count). The van der Waals surface area contributed by atoms with Crippen LogP contribution >= 0.6 is 34.5 Å². The summed E-state index contributed by atoms with van der Waals surface area (Å²) in [5.74, 6) is -1.79. The van der Waals surface area contributed by atoms with Crippen molar-refractivity contribution in [1.29, 1.82) is 0 Å². The number of thiophene rings is 1. The van der Waals surface area contributed by atoms with Crippen LogP contribution in [0, 0.1) is 6.92 Å². The van der Waals surface area contributed by atoms with Gasteiger partial charge in [0.2, 0.25) is 0 Å². The van der Waals surface area contributed by atoms with Gasteiger partial charge in [0.05, 0.1) is 34.4 Å². The molecule has 1 heterocycles. The van der Waals surface area contributed by atoms with E-state index in [0.717, 1.165) is 11.3 Å². The molecule has 1 aromatic carbocycles. The Hall–Kier alpha value is -2.09. The van der Waals surface area contributed by atoms with E-state index in [-0.39, 0.29) is 44.3 Å². The number of anilines is 1. The zero-order valence-electron chi connectivity index (χ0n) is 14.9. The highest BCUT2D eigenvalue weighted by Gasteiger charge is 2.28. The van der Waals surface area contributed by atoms with Crippen molar-refractivity contribution < 1.29 is 23.9 Å². The average Bonchev–Trinajstić information content (AvgIpc) is 2.94. The van der Waals surface area contributed by atoms with E-state index >= 15 is 0 Å². The Morgan fingerprint density at radius 1 is 1.07 bits per heavy atom. The molecule has 0 saturated heterocycles. The van der Waals surface area contributed by atoms with Gasteiger partial charge in [-0.1, -0.05) is 29.3 Å². The monoisotopic (exact) mass is 429 g/mol. The Balaban J connectivity index is 2.46. The van der Waals surface area contributed by atoms with Gasteiger partial charge in [-0.2, -0.15) is 0 Å². The lowest BCUT2D eigenvalue weighted by atomic mass is 10.1. The van der Waals surface area contributed by atoms with Gasteiger partial charge in [-0.25, -0.2) is 9.59 Å². The van der Waals surface area contributed by atoms with Crippen molar-refractivity contribution >= 4 is 57.4 Å². The van der Waals surface area contributed by atoms with E-state index in [2.05, 4.69) is 5.32 Å². The van der Waals surface area contributed by atoms with Gasteiger partial charge in [-0.15, -0.1) is 11.3 Å². The van der Waals surface area contributed by atoms with Crippen LogP contribution in [0.2, 0.25) is 10.0 Å². The van der Waals surface area contributed by atoms with E-state index in [1.54, 1.807) is 32.9 Å². The third-order valence-corrected chi connectivity index (χ3v) is 5.52. The second-order valence-corrected chi connectivity index (χ2v) is 7.06. The molecule has 0 aliphatic heterocycles. The molecule has 2 aromatic rings. The fourth-order valence-electron chi connectivity index (χ4n) is 2.29. The van der Waals surface area contributed by atoms with Crippen molar-refractivity contribution in [3.05, 3.63) is 49.8 Å². The van der Waals surface area contributed by atoms with Gasteiger partial charge in [-0.05, 0) is 38.5 Å². The minimum Gasteiger partial charge on any atom is -0.462 e. The minimum atomic E-state index is -0.644. The molecule has 144 valence electrons. The first-order valence-electron chi connectivity index (χ1n) is 8.04. The summed E-state index contributed by atoms with van der Waals surface area (Å²) < 4.78 is 10.1. The fourth-order valence-corrected chi connectivity index (χ4v) is 3.76. The minimum absolute atomic E-state index is 0.0910. The van der Waals surface area contributed by atoms with Crippen molar-refractivity contribution in [2.75, 3.05) is 18.5 Å². The van der Waals surface area contributed by atoms with Gasteiger partial charge < -0.3 is 14.8 Å². The quantitative estimate of drug-likeness (QED) is 0.655. The molecule has 1 amide bonds. The summed E-state index contributed by atoms with van der Waals surface area (Å²) in [6, 6.07) is 4.64. The Kier molecular flexibility index (Phi) is 7.24. The number of nitrogens with one attached hydrogen (secondary N) is 1. The highest BCUT2D eigenvalue weighted by Crippen LogP contribution is 2.35. The lowest BCUT2D eigenvalue weighted by Crippen LogP contribution is -2.15. The molecule has 0 bridgehead atoms. The van der Waals surface area contributed by atoms with Crippen molar-refractivity contribution in [2.24, 2.45) is 0 Å². The second-order valence-electron chi connectivity index (χ2n) is 5.26. The molecule has 0 fully saturated rings. The van der Waals surface area contributed by atoms with Gasteiger partial charge >= 0.3 is 11.9 Å². The standard InChI is InChI=1S/C18H17Cl2NO5S/c1-4-25-17(23)12-9(3)14(18(24)26-5-2)27-16(12)21-15(22)10-7-6-8-11(19)13(10)20/h6-8H,4-5H2,1-3H3,(H,21,22). The Labute approximate surface area is 170 Å². The maximum absolute atomic E-state index is 12.6. The molecule has 0 aliphatic carbocycles. The maximum atomic E-state index is 12.6. The van der Waals surface area contributed by atoms with Crippen LogP contribution in [0.4, 0.5) is 5.00 Å². The predicted molar refractivity (Wildman–Crippen MR) is 105 cm³/mol. The van der Waals surface area contributed by atoms with Crippen LogP contribution in [0.3, 0.4) is 0 Å². The summed E-state index contributed by atoms with van der Waals surface area (Å²) in [5, 5.41) is 3.11. The number of benzene rings is 1. The van der Waals surface area contributed by atoms with Crippen molar-refractivity contribution in [3.63, 3.8) is 0 Å². The van der Waals surface area contributed by atoms with E-state index in [9.17, 15) is 14.4 Å². The number of carbonyl (C=O) groups excluding carboxylic acids is 3. The smallest absolute Gasteiger partial charge is 0.348 e. The third-order valence-electron chi connectivity index (χ3n) is 3.51. The van der Waals surface area contributed by atoms with Crippen molar-refractivity contribution in [3.8, 4) is 0 Å². The normalized spacial score (nSPS) is 10.4. The van der Waals surface area contributed by atoms with Crippen LogP contribution in [0.25, 0.3) is 0 Å². The van der Waals surface area contributed by atoms with Gasteiger partial charge in [0.15, 0.2) is 0 Å². The van der Waals surface area contributed by atoms with E-state index in [0.29, 0.717) is 5.56 Å². The molecule has 27 heavy (non-hydrogen) atoms. The molecular formula is C18H17Cl2NO5S. The molecule has 6 nitrogen and oxygen atoms in total. The van der Waals surface area contributed by atoms with Gasteiger partial charge in [0.1, 0.15) is 9.88 Å². The number of amides is 1. The number of esters is 2. The molecule has 0 spiro atoms. The molecule has 0 aliphatic rings. The van der Waals surface area contributed by atoms with Crippen molar-refractivity contribution in [2.45, 2.75) is 20.8 Å². The largest absolute Gasteiger partial charge is 0.462 e. The van der Waals surface area contributed by atoms with E-state index in [1.807, 2.05) is 0 Å². The number of hydrogen-bond acceptors (Lipinski definition) is 6. The van der Waals surface area contributed by atoms with Crippen LogP contribution in [0.5, 0.6) is 0 Å². The molecular weight excluding hydrogens is 413 g/mol. The summed E-state index contributed by atoms with van der Waals surface area (Å²) in [4.78, 5) is 37.3. The van der Waals surface area contributed by atoms with Crippen LogP contribution in [0.15, 0.2) is 18.2 Å². The average molecular weight is 430 g/mol. The number of carbonyl (C=O) groups is 3. The van der Waals surface area contributed by atoms with Gasteiger partial charge in [-0.3, -0.25) is 4.79 Å². The van der Waals surface area contributed by atoms with Crippen LogP contribution in [-0.4, -0.2) is 31.1 Å². The van der Waals surface area contributed by atoms with Gasteiger partial charge in [0, 0.05) is 0 Å². The molecule has 9 heteroatoms. The number of halogens is 2. The van der Waals surface area contributed by atoms with Gasteiger partial charge in [0.25, 0.3) is 5.91 Å². The molecule has 1 aromatic heterocycles. The fraction of sp³-hybridized carbons (Fsp3) is 0.278. The third kappa shape index (κ3) is 4.61. The lowest BCUT2D eigenvalue weighted by molar-refractivity contribution is 0.0527. The van der Waals surface area contributed by atoms with Crippen LogP contribution in [0.1, 0.15) is 49.8 Å².